The Kier molecular flexibility index (Phi) is 5.06. The lowest BCUT2D eigenvalue weighted by Crippen LogP contribution is -2.23. The Morgan fingerprint density at radius 3 is 2.57 bits per heavy atom. The Morgan fingerprint density at radius 2 is 2.05 bits per heavy atom. The first-order valence-electron chi connectivity index (χ1n) is 7.39. The molecule has 21 heavy (non-hydrogen) atoms. The van der Waals surface area contributed by atoms with E-state index >= 15 is 0 Å². The molecule has 2 aromatic rings. The summed E-state index contributed by atoms with van der Waals surface area (Å²) < 4.78 is 4.16. The third-order valence-electron chi connectivity index (χ3n) is 3.60. The zero-order valence-electron chi connectivity index (χ0n) is 13.5. The van der Waals surface area contributed by atoms with Crippen LogP contribution in [0, 0.1) is 0 Å². The van der Waals surface area contributed by atoms with E-state index in [-0.39, 0.29) is 11.5 Å². The van der Waals surface area contributed by atoms with Gasteiger partial charge in [-0.2, -0.15) is 0 Å². The van der Waals surface area contributed by atoms with Crippen LogP contribution in [-0.4, -0.2) is 21.6 Å². The standard InChI is InChI=1S/C16H24N4S/c1-6-11-7-8-12(18-10-11)9-13(17-5)14-15(16(2,3)4)19-20-21-14/h7-8,10,13,17H,6,9H2,1-5H3. The van der Waals surface area contributed by atoms with E-state index in [9.17, 15) is 0 Å². The molecule has 0 fully saturated rings. The van der Waals surface area contributed by atoms with Gasteiger partial charge in [-0.3, -0.25) is 4.98 Å². The van der Waals surface area contributed by atoms with Gasteiger partial charge in [-0.1, -0.05) is 38.2 Å². The minimum Gasteiger partial charge on any atom is -0.312 e. The predicted octanol–water partition coefficient (Wildman–Crippen LogP) is 3.30. The van der Waals surface area contributed by atoms with Crippen LogP contribution in [0.1, 0.15) is 55.6 Å². The van der Waals surface area contributed by atoms with E-state index in [0.29, 0.717) is 0 Å². The minimum absolute atomic E-state index is 0.0108. The monoisotopic (exact) mass is 304 g/mol. The van der Waals surface area contributed by atoms with Gasteiger partial charge >= 0.3 is 0 Å². The summed E-state index contributed by atoms with van der Waals surface area (Å²) in [4.78, 5) is 5.78. The molecule has 2 rings (SSSR count). The molecular formula is C16H24N4S. The summed E-state index contributed by atoms with van der Waals surface area (Å²) in [7, 11) is 1.98. The first-order valence-corrected chi connectivity index (χ1v) is 8.16. The summed E-state index contributed by atoms with van der Waals surface area (Å²) in [6.07, 6.45) is 3.85. The van der Waals surface area contributed by atoms with Crippen LogP contribution in [0.4, 0.5) is 0 Å². The molecule has 0 aromatic carbocycles. The minimum atomic E-state index is 0.0108. The average molecular weight is 304 g/mol. The van der Waals surface area contributed by atoms with Crippen molar-refractivity contribution in [1.82, 2.24) is 19.9 Å². The lowest BCUT2D eigenvalue weighted by atomic mass is 9.89. The van der Waals surface area contributed by atoms with Gasteiger partial charge in [0.15, 0.2) is 0 Å². The molecule has 1 atom stereocenters. The lowest BCUT2D eigenvalue weighted by Gasteiger charge is -2.21. The Bertz CT molecular complexity index is 569. The van der Waals surface area contributed by atoms with Gasteiger partial charge in [0.2, 0.25) is 0 Å². The smallest absolute Gasteiger partial charge is 0.0857 e. The molecule has 5 heteroatoms. The fourth-order valence-electron chi connectivity index (χ4n) is 2.27. The molecule has 0 saturated carbocycles. The molecular weight excluding hydrogens is 280 g/mol. The SMILES string of the molecule is CCc1ccc(CC(NC)c2snnc2C(C)(C)C)nc1. The van der Waals surface area contributed by atoms with Crippen LogP contribution in [-0.2, 0) is 18.3 Å². The molecule has 1 N–H and O–H groups in total. The zero-order valence-corrected chi connectivity index (χ0v) is 14.3. The highest BCUT2D eigenvalue weighted by Gasteiger charge is 2.26. The first-order chi connectivity index (χ1) is 9.95. The molecule has 2 heterocycles. The van der Waals surface area contributed by atoms with Crippen LogP contribution >= 0.6 is 11.5 Å². The van der Waals surface area contributed by atoms with Gasteiger partial charge in [-0.05, 0) is 36.6 Å². The maximum Gasteiger partial charge on any atom is 0.0857 e. The van der Waals surface area contributed by atoms with E-state index in [2.05, 4.69) is 59.7 Å². The van der Waals surface area contributed by atoms with Crippen molar-refractivity contribution in [1.29, 1.82) is 0 Å². The van der Waals surface area contributed by atoms with Crippen molar-refractivity contribution in [2.24, 2.45) is 0 Å². The number of nitrogens with zero attached hydrogens (tertiary/aromatic N) is 3. The molecule has 0 radical (unpaired) electrons. The summed E-state index contributed by atoms with van der Waals surface area (Å²) in [6.45, 7) is 8.67. The Hall–Kier alpha value is -1.33. The summed E-state index contributed by atoms with van der Waals surface area (Å²) in [5.41, 5.74) is 3.46. The van der Waals surface area contributed by atoms with Crippen molar-refractivity contribution >= 4 is 11.5 Å². The topological polar surface area (TPSA) is 50.7 Å². The molecule has 0 aliphatic carbocycles. The second kappa shape index (κ2) is 6.62. The number of hydrogen-bond acceptors (Lipinski definition) is 5. The van der Waals surface area contributed by atoms with Crippen molar-refractivity contribution < 1.29 is 0 Å². The van der Waals surface area contributed by atoms with Gasteiger partial charge in [-0.25, -0.2) is 0 Å². The number of pyridine rings is 1. The molecule has 2 aromatic heterocycles. The first kappa shape index (κ1) is 16.0. The van der Waals surface area contributed by atoms with Gasteiger partial charge in [0, 0.05) is 23.7 Å². The van der Waals surface area contributed by atoms with Gasteiger partial charge in [0.25, 0.3) is 0 Å². The van der Waals surface area contributed by atoms with Crippen molar-refractivity contribution in [3.05, 3.63) is 40.2 Å². The Balaban J connectivity index is 2.22. The third kappa shape index (κ3) is 3.86. The Labute approximate surface area is 131 Å². The fourth-order valence-corrected chi connectivity index (χ4v) is 3.24. The highest BCUT2D eigenvalue weighted by atomic mass is 32.1. The molecule has 0 aliphatic rings. The largest absolute Gasteiger partial charge is 0.312 e. The van der Waals surface area contributed by atoms with Gasteiger partial charge < -0.3 is 5.32 Å². The van der Waals surface area contributed by atoms with E-state index in [1.54, 1.807) is 0 Å². The number of aryl methyl sites for hydroxylation is 1. The third-order valence-corrected chi connectivity index (χ3v) is 4.43. The van der Waals surface area contributed by atoms with Crippen molar-refractivity contribution in [2.45, 2.75) is 52.0 Å². The summed E-state index contributed by atoms with van der Waals surface area (Å²) in [6, 6.07) is 4.48. The van der Waals surface area contributed by atoms with Crippen LogP contribution < -0.4 is 5.32 Å². The average Bonchev–Trinajstić information content (AvgIpc) is 2.95. The molecule has 4 nitrogen and oxygen atoms in total. The summed E-state index contributed by atoms with van der Waals surface area (Å²) in [5.74, 6) is 0. The molecule has 0 saturated heterocycles. The van der Waals surface area contributed by atoms with Gasteiger partial charge in [0.1, 0.15) is 0 Å². The molecule has 114 valence electrons. The molecule has 1 unspecified atom stereocenters. The van der Waals surface area contributed by atoms with E-state index in [1.165, 1.54) is 22.0 Å². The maximum absolute atomic E-state index is 4.56. The van der Waals surface area contributed by atoms with Crippen molar-refractivity contribution in [3.8, 4) is 0 Å². The second-order valence-electron chi connectivity index (χ2n) is 6.29. The maximum atomic E-state index is 4.56. The summed E-state index contributed by atoms with van der Waals surface area (Å²) >= 11 is 1.48. The van der Waals surface area contributed by atoms with Gasteiger partial charge in [-0.15, -0.1) is 5.10 Å². The number of hydrogen-bond donors (Lipinski definition) is 1. The number of aromatic nitrogens is 3. The highest BCUT2D eigenvalue weighted by Crippen LogP contribution is 2.31. The van der Waals surface area contributed by atoms with E-state index in [0.717, 1.165) is 24.2 Å². The lowest BCUT2D eigenvalue weighted by molar-refractivity contribution is 0.528. The van der Waals surface area contributed by atoms with E-state index < -0.39 is 0 Å². The fraction of sp³-hybridized carbons (Fsp3) is 0.562. The normalized spacial score (nSPS) is 13.4. The highest BCUT2D eigenvalue weighted by molar-refractivity contribution is 7.05. The quantitative estimate of drug-likeness (QED) is 0.921. The van der Waals surface area contributed by atoms with Crippen LogP contribution in [0.15, 0.2) is 18.3 Å². The molecule has 0 amide bonds. The van der Waals surface area contributed by atoms with E-state index in [1.807, 2.05) is 13.2 Å². The van der Waals surface area contributed by atoms with Crippen molar-refractivity contribution in [3.63, 3.8) is 0 Å². The van der Waals surface area contributed by atoms with Crippen molar-refractivity contribution in [2.75, 3.05) is 7.05 Å². The zero-order chi connectivity index (χ0) is 15.5. The van der Waals surface area contributed by atoms with Crippen LogP contribution in [0.2, 0.25) is 0 Å². The molecule has 0 spiro atoms. The van der Waals surface area contributed by atoms with Crippen LogP contribution in [0.3, 0.4) is 0 Å². The van der Waals surface area contributed by atoms with Gasteiger partial charge in [0.05, 0.1) is 16.6 Å². The Morgan fingerprint density at radius 1 is 1.29 bits per heavy atom. The number of nitrogens with one attached hydrogen (secondary N) is 1. The molecule has 0 aliphatic heterocycles. The predicted molar refractivity (Wildman–Crippen MR) is 87.7 cm³/mol. The summed E-state index contributed by atoms with van der Waals surface area (Å²) in [5, 5.41) is 7.72. The van der Waals surface area contributed by atoms with E-state index in [4.69, 9.17) is 0 Å². The number of likely N-dealkylation sites (N-methyl/N-ethyl adjacent to an activating group) is 1. The van der Waals surface area contributed by atoms with Crippen LogP contribution in [0.5, 0.6) is 0 Å². The van der Waals surface area contributed by atoms with Crippen LogP contribution in [0.25, 0.3) is 0 Å². The number of rotatable bonds is 5. The second-order valence-corrected chi connectivity index (χ2v) is 7.08. The molecule has 0 bridgehead atoms.